The van der Waals surface area contributed by atoms with E-state index in [2.05, 4.69) is 19.2 Å². The molecule has 0 aromatic heterocycles. The van der Waals surface area contributed by atoms with Crippen LogP contribution in [-0.4, -0.2) is 12.5 Å². The molecule has 0 spiro atoms. The molecule has 0 atom stereocenters. The lowest BCUT2D eigenvalue weighted by Gasteiger charge is -2.11. The average Bonchev–Trinajstić information content (AvgIpc) is 2.72. The first-order valence-corrected chi connectivity index (χ1v) is 9.39. The summed E-state index contributed by atoms with van der Waals surface area (Å²) in [5.41, 5.74) is 3.01. The van der Waals surface area contributed by atoms with Crippen LogP contribution in [0.4, 0.5) is 5.69 Å². The number of hydrogen-bond donors (Lipinski definition) is 1. The number of rotatable bonds is 8. The minimum atomic E-state index is -0.215. The molecule has 0 heterocycles. The molecular weight excluding hydrogens is 350 g/mol. The van der Waals surface area contributed by atoms with E-state index in [1.807, 2.05) is 72.8 Å². The Bertz CT molecular complexity index is 889. The fraction of sp³-hybridized carbons (Fsp3) is 0.208. The molecule has 4 heteroatoms. The van der Waals surface area contributed by atoms with Gasteiger partial charge in [0, 0.05) is 11.8 Å². The van der Waals surface area contributed by atoms with Gasteiger partial charge in [-0.1, -0.05) is 62.4 Å². The van der Waals surface area contributed by atoms with Gasteiger partial charge in [0.15, 0.2) is 6.61 Å². The maximum atomic E-state index is 12.2. The molecule has 1 amide bonds. The Balaban J connectivity index is 1.49. The van der Waals surface area contributed by atoms with Crippen LogP contribution >= 0.6 is 0 Å². The standard InChI is InChI=1S/C24H25NO3/c1-18(2)20-11-13-22(14-12-20)28-17-24(26)25-21-9-6-10-23(15-21)27-16-19-7-4-3-5-8-19/h3-15,18H,16-17H2,1-2H3,(H,25,26). The van der Waals surface area contributed by atoms with Crippen molar-refractivity contribution in [2.75, 3.05) is 11.9 Å². The van der Waals surface area contributed by atoms with Gasteiger partial charge >= 0.3 is 0 Å². The lowest BCUT2D eigenvalue weighted by molar-refractivity contribution is -0.118. The number of carbonyl (C=O) groups is 1. The van der Waals surface area contributed by atoms with Gasteiger partial charge in [-0.05, 0) is 41.3 Å². The maximum Gasteiger partial charge on any atom is 0.262 e. The van der Waals surface area contributed by atoms with Crippen molar-refractivity contribution < 1.29 is 14.3 Å². The van der Waals surface area contributed by atoms with Crippen LogP contribution in [0, 0.1) is 0 Å². The highest BCUT2D eigenvalue weighted by Crippen LogP contribution is 2.20. The summed E-state index contributed by atoms with van der Waals surface area (Å²) in [6, 6.07) is 25.1. The van der Waals surface area contributed by atoms with Crippen LogP contribution in [0.1, 0.15) is 30.9 Å². The molecule has 0 aliphatic rings. The summed E-state index contributed by atoms with van der Waals surface area (Å²) in [5, 5.41) is 2.84. The van der Waals surface area contributed by atoms with Gasteiger partial charge in [-0.2, -0.15) is 0 Å². The van der Waals surface area contributed by atoms with Gasteiger partial charge in [-0.15, -0.1) is 0 Å². The molecule has 0 fully saturated rings. The molecule has 3 rings (SSSR count). The molecule has 144 valence electrons. The molecule has 0 saturated heterocycles. The predicted molar refractivity (Wildman–Crippen MR) is 112 cm³/mol. The van der Waals surface area contributed by atoms with E-state index in [1.54, 1.807) is 6.07 Å². The van der Waals surface area contributed by atoms with E-state index in [0.29, 0.717) is 29.7 Å². The van der Waals surface area contributed by atoms with Crippen molar-refractivity contribution in [1.82, 2.24) is 0 Å². The summed E-state index contributed by atoms with van der Waals surface area (Å²) in [6.45, 7) is 4.71. The summed E-state index contributed by atoms with van der Waals surface area (Å²) in [5.74, 6) is 1.63. The second-order valence-corrected chi connectivity index (χ2v) is 6.86. The summed E-state index contributed by atoms with van der Waals surface area (Å²) < 4.78 is 11.4. The monoisotopic (exact) mass is 375 g/mol. The quantitative estimate of drug-likeness (QED) is 0.573. The number of benzene rings is 3. The topological polar surface area (TPSA) is 47.6 Å². The molecule has 3 aromatic rings. The first-order chi connectivity index (χ1) is 13.6. The maximum absolute atomic E-state index is 12.2. The predicted octanol–water partition coefficient (Wildman–Crippen LogP) is 5.41. The minimum absolute atomic E-state index is 0.0455. The fourth-order valence-electron chi connectivity index (χ4n) is 2.70. The molecule has 4 nitrogen and oxygen atoms in total. The van der Waals surface area contributed by atoms with E-state index in [0.717, 1.165) is 5.56 Å². The highest BCUT2D eigenvalue weighted by atomic mass is 16.5. The van der Waals surface area contributed by atoms with Crippen LogP contribution in [0.25, 0.3) is 0 Å². The molecule has 0 radical (unpaired) electrons. The van der Waals surface area contributed by atoms with Crippen molar-refractivity contribution in [3.63, 3.8) is 0 Å². The van der Waals surface area contributed by atoms with Crippen LogP contribution in [0.5, 0.6) is 11.5 Å². The molecule has 0 aliphatic carbocycles. The van der Waals surface area contributed by atoms with Gasteiger partial charge < -0.3 is 14.8 Å². The third-order valence-electron chi connectivity index (χ3n) is 4.28. The molecule has 28 heavy (non-hydrogen) atoms. The van der Waals surface area contributed by atoms with E-state index < -0.39 is 0 Å². The molecule has 0 unspecified atom stereocenters. The Labute approximate surface area is 166 Å². The summed E-state index contributed by atoms with van der Waals surface area (Å²) in [4.78, 5) is 12.2. The minimum Gasteiger partial charge on any atom is -0.489 e. The second-order valence-electron chi connectivity index (χ2n) is 6.86. The Hall–Kier alpha value is -3.27. The van der Waals surface area contributed by atoms with Gasteiger partial charge in [-0.25, -0.2) is 0 Å². The summed E-state index contributed by atoms with van der Waals surface area (Å²) in [6.07, 6.45) is 0. The van der Waals surface area contributed by atoms with Gasteiger partial charge in [0.2, 0.25) is 0 Å². The molecule has 0 bridgehead atoms. The van der Waals surface area contributed by atoms with Crippen LogP contribution in [0.3, 0.4) is 0 Å². The Morgan fingerprint density at radius 2 is 1.61 bits per heavy atom. The summed E-state index contributed by atoms with van der Waals surface area (Å²) >= 11 is 0. The lowest BCUT2D eigenvalue weighted by Crippen LogP contribution is -2.20. The molecule has 3 aromatic carbocycles. The molecule has 1 N–H and O–H groups in total. The first kappa shape index (κ1) is 19.5. The van der Waals surface area contributed by atoms with Gasteiger partial charge in [0.1, 0.15) is 18.1 Å². The first-order valence-electron chi connectivity index (χ1n) is 9.39. The van der Waals surface area contributed by atoms with Crippen molar-refractivity contribution >= 4 is 11.6 Å². The number of carbonyl (C=O) groups excluding carboxylic acids is 1. The zero-order chi connectivity index (χ0) is 19.8. The fourth-order valence-corrected chi connectivity index (χ4v) is 2.70. The van der Waals surface area contributed by atoms with Gasteiger partial charge in [0.05, 0.1) is 0 Å². The summed E-state index contributed by atoms with van der Waals surface area (Å²) in [7, 11) is 0. The highest BCUT2D eigenvalue weighted by Gasteiger charge is 2.06. The third kappa shape index (κ3) is 5.88. The highest BCUT2D eigenvalue weighted by molar-refractivity contribution is 5.92. The third-order valence-corrected chi connectivity index (χ3v) is 4.28. The zero-order valence-electron chi connectivity index (χ0n) is 16.2. The van der Waals surface area contributed by atoms with Crippen molar-refractivity contribution in [3.05, 3.63) is 90.0 Å². The van der Waals surface area contributed by atoms with E-state index in [1.165, 1.54) is 5.56 Å². The van der Waals surface area contributed by atoms with Gasteiger partial charge in [-0.3, -0.25) is 4.79 Å². The Kier molecular flexibility index (Phi) is 6.68. The van der Waals surface area contributed by atoms with Crippen LogP contribution in [0.2, 0.25) is 0 Å². The normalized spacial score (nSPS) is 10.5. The van der Waals surface area contributed by atoms with Crippen molar-refractivity contribution in [1.29, 1.82) is 0 Å². The Morgan fingerprint density at radius 1 is 0.857 bits per heavy atom. The van der Waals surface area contributed by atoms with Crippen LogP contribution in [-0.2, 0) is 11.4 Å². The van der Waals surface area contributed by atoms with E-state index in [9.17, 15) is 4.79 Å². The van der Waals surface area contributed by atoms with Gasteiger partial charge in [0.25, 0.3) is 5.91 Å². The lowest BCUT2D eigenvalue weighted by atomic mass is 10.0. The second kappa shape index (κ2) is 9.60. The number of ether oxygens (including phenoxy) is 2. The van der Waals surface area contributed by atoms with Crippen LogP contribution < -0.4 is 14.8 Å². The molecular formula is C24H25NO3. The number of nitrogens with one attached hydrogen (secondary N) is 1. The largest absolute Gasteiger partial charge is 0.489 e. The number of anilines is 1. The van der Waals surface area contributed by atoms with Crippen LogP contribution in [0.15, 0.2) is 78.9 Å². The zero-order valence-corrected chi connectivity index (χ0v) is 16.2. The number of hydrogen-bond acceptors (Lipinski definition) is 3. The van der Waals surface area contributed by atoms with E-state index in [4.69, 9.17) is 9.47 Å². The van der Waals surface area contributed by atoms with Crippen molar-refractivity contribution in [3.8, 4) is 11.5 Å². The Morgan fingerprint density at radius 3 is 2.32 bits per heavy atom. The average molecular weight is 375 g/mol. The SMILES string of the molecule is CC(C)c1ccc(OCC(=O)Nc2cccc(OCc3ccccc3)c2)cc1. The number of amides is 1. The van der Waals surface area contributed by atoms with Crippen molar-refractivity contribution in [2.24, 2.45) is 0 Å². The smallest absolute Gasteiger partial charge is 0.262 e. The van der Waals surface area contributed by atoms with Crippen molar-refractivity contribution in [2.45, 2.75) is 26.4 Å². The van der Waals surface area contributed by atoms with E-state index >= 15 is 0 Å². The van der Waals surface area contributed by atoms with E-state index in [-0.39, 0.29) is 12.5 Å². The molecule has 0 saturated carbocycles. The molecule has 0 aliphatic heterocycles.